The number of benzene rings is 3. The molecule has 3 rings (SSSR count). The van der Waals surface area contributed by atoms with E-state index in [2.05, 4.69) is 6.07 Å². The van der Waals surface area contributed by atoms with Crippen molar-refractivity contribution in [2.24, 2.45) is 0 Å². The minimum Gasteiger partial charge on any atom is -0.497 e. The van der Waals surface area contributed by atoms with Crippen LogP contribution in [0.4, 0.5) is 4.39 Å². The van der Waals surface area contributed by atoms with Crippen LogP contribution < -0.4 is 9.47 Å². The maximum Gasteiger partial charge on any atom is 0.343 e. The first-order valence-electron chi connectivity index (χ1n) is 8.43. The maximum absolute atomic E-state index is 13.3. The van der Waals surface area contributed by atoms with Crippen LogP contribution in [0.15, 0.2) is 72.8 Å². The third kappa shape index (κ3) is 4.63. The summed E-state index contributed by atoms with van der Waals surface area (Å²) in [5.74, 6) is -0.164. The van der Waals surface area contributed by atoms with E-state index in [4.69, 9.17) is 9.47 Å². The Morgan fingerprint density at radius 1 is 0.964 bits per heavy atom. The van der Waals surface area contributed by atoms with Gasteiger partial charge in [0.2, 0.25) is 0 Å². The van der Waals surface area contributed by atoms with E-state index in [1.807, 2.05) is 0 Å². The van der Waals surface area contributed by atoms with Crippen LogP contribution in [0.25, 0.3) is 11.6 Å². The van der Waals surface area contributed by atoms with Crippen molar-refractivity contribution >= 4 is 17.6 Å². The topological polar surface area (TPSA) is 59.3 Å². The van der Waals surface area contributed by atoms with Crippen molar-refractivity contribution in [2.75, 3.05) is 7.11 Å². The second-order valence-electron chi connectivity index (χ2n) is 5.87. The molecule has 4 nitrogen and oxygen atoms in total. The maximum atomic E-state index is 13.3. The second kappa shape index (κ2) is 8.65. The van der Waals surface area contributed by atoms with E-state index in [9.17, 15) is 14.4 Å². The minimum absolute atomic E-state index is 0.122. The normalized spacial score (nSPS) is 10.8. The summed E-state index contributed by atoms with van der Waals surface area (Å²) in [7, 11) is 1.58. The Balaban J connectivity index is 1.82. The van der Waals surface area contributed by atoms with Gasteiger partial charge in [0, 0.05) is 0 Å². The first kappa shape index (κ1) is 18.9. The third-order valence-corrected chi connectivity index (χ3v) is 3.96. The molecule has 0 aromatic heterocycles. The number of carbonyl (C=O) groups excluding carboxylic acids is 1. The van der Waals surface area contributed by atoms with Gasteiger partial charge in [-0.1, -0.05) is 18.2 Å². The Bertz CT molecular complexity index is 1070. The Morgan fingerprint density at radius 2 is 1.71 bits per heavy atom. The van der Waals surface area contributed by atoms with Crippen molar-refractivity contribution < 1.29 is 18.7 Å². The van der Waals surface area contributed by atoms with Crippen molar-refractivity contribution in [3.8, 4) is 17.6 Å². The molecule has 0 radical (unpaired) electrons. The van der Waals surface area contributed by atoms with Crippen LogP contribution >= 0.6 is 0 Å². The van der Waals surface area contributed by atoms with Crippen LogP contribution in [-0.2, 0) is 0 Å². The van der Waals surface area contributed by atoms with Gasteiger partial charge in [0.05, 0.1) is 24.3 Å². The molecule has 0 aliphatic heterocycles. The van der Waals surface area contributed by atoms with Crippen LogP contribution in [0.2, 0.25) is 0 Å². The van der Waals surface area contributed by atoms with Crippen molar-refractivity contribution in [3.63, 3.8) is 0 Å². The molecule has 0 N–H and O–H groups in total. The van der Waals surface area contributed by atoms with Gasteiger partial charge in [-0.25, -0.2) is 9.18 Å². The van der Waals surface area contributed by atoms with E-state index >= 15 is 0 Å². The lowest BCUT2D eigenvalue weighted by atomic mass is 10.0. The molecule has 0 aliphatic rings. The quantitative estimate of drug-likeness (QED) is 0.270. The number of allylic oxidation sites excluding steroid dienone is 1. The molecule has 28 heavy (non-hydrogen) atoms. The summed E-state index contributed by atoms with van der Waals surface area (Å²) >= 11 is 0. The molecule has 0 atom stereocenters. The largest absolute Gasteiger partial charge is 0.497 e. The molecule has 0 spiro atoms. The van der Waals surface area contributed by atoms with Crippen LogP contribution in [0.1, 0.15) is 21.5 Å². The van der Waals surface area contributed by atoms with Crippen LogP contribution in [0, 0.1) is 17.1 Å². The lowest BCUT2D eigenvalue weighted by molar-refractivity contribution is 0.0734. The van der Waals surface area contributed by atoms with Gasteiger partial charge in [-0.2, -0.15) is 5.26 Å². The number of halogens is 1. The van der Waals surface area contributed by atoms with Crippen LogP contribution in [0.3, 0.4) is 0 Å². The molecule has 0 aliphatic carbocycles. The van der Waals surface area contributed by atoms with Crippen molar-refractivity contribution in [3.05, 3.63) is 95.3 Å². The highest BCUT2D eigenvalue weighted by Crippen LogP contribution is 2.23. The number of methoxy groups -OCH3 is 1. The molecule has 0 saturated heterocycles. The zero-order valence-corrected chi connectivity index (χ0v) is 15.1. The van der Waals surface area contributed by atoms with Crippen molar-refractivity contribution in [2.45, 2.75) is 0 Å². The van der Waals surface area contributed by atoms with Gasteiger partial charge < -0.3 is 9.47 Å². The molecule has 0 fully saturated rings. The summed E-state index contributed by atoms with van der Waals surface area (Å²) in [6, 6.07) is 21.4. The molecule has 0 bridgehead atoms. The average molecular weight is 373 g/mol. The van der Waals surface area contributed by atoms with Gasteiger partial charge in [0.25, 0.3) is 0 Å². The summed E-state index contributed by atoms with van der Waals surface area (Å²) in [6.45, 7) is 0. The van der Waals surface area contributed by atoms with E-state index in [1.54, 1.807) is 61.7 Å². The Morgan fingerprint density at radius 3 is 2.39 bits per heavy atom. The number of nitrogens with zero attached hydrogens (tertiary/aromatic N) is 1. The lowest BCUT2D eigenvalue weighted by Gasteiger charge is -2.06. The van der Waals surface area contributed by atoms with Gasteiger partial charge in [0.15, 0.2) is 0 Å². The molecule has 138 valence electrons. The molecular formula is C23H16FNO3. The van der Waals surface area contributed by atoms with Crippen LogP contribution in [-0.4, -0.2) is 13.1 Å². The summed E-state index contributed by atoms with van der Waals surface area (Å²) in [6.07, 6.45) is 1.70. The Hall–Kier alpha value is -3.91. The number of hydrogen-bond donors (Lipinski definition) is 0. The molecule has 3 aromatic carbocycles. The minimum atomic E-state index is -0.656. The molecule has 0 saturated carbocycles. The summed E-state index contributed by atoms with van der Waals surface area (Å²) in [4.78, 5) is 12.2. The molecule has 5 heteroatoms. The van der Waals surface area contributed by atoms with Gasteiger partial charge >= 0.3 is 5.97 Å². The van der Waals surface area contributed by atoms with E-state index in [-0.39, 0.29) is 5.56 Å². The SMILES string of the molecule is COc1ccc(/C(C#N)=C\c2cccc(OC(=O)c3cccc(F)c3)c2)cc1. The second-order valence-corrected chi connectivity index (χ2v) is 5.87. The predicted molar refractivity (Wildman–Crippen MR) is 104 cm³/mol. The molecule has 0 heterocycles. The summed E-state index contributed by atoms with van der Waals surface area (Å²) in [5, 5.41) is 9.49. The van der Waals surface area contributed by atoms with Gasteiger partial charge in [-0.3, -0.25) is 0 Å². The van der Waals surface area contributed by atoms with E-state index in [0.717, 1.165) is 11.6 Å². The molecule has 3 aromatic rings. The highest BCUT2D eigenvalue weighted by molar-refractivity contribution is 5.92. The predicted octanol–water partition coefficient (Wildman–Crippen LogP) is 5.12. The number of nitriles is 1. The van der Waals surface area contributed by atoms with E-state index in [0.29, 0.717) is 22.6 Å². The fourth-order valence-corrected chi connectivity index (χ4v) is 2.57. The van der Waals surface area contributed by atoms with Gasteiger partial charge in [0.1, 0.15) is 17.3 Å². The highest BCUT2D eigenvalue weighted by Gasteiger charge is 2.10. The zero-order valence-electron chi connectivity index (χ0n) is 15.1. The zero-order chi connectivity index (χ0) is 19.9. The standard InChI is InChI=1S/C23H16FNO3/c1-27-21-10-8-17(9-11-21)19(15-25)12-16-4-2-7-22(13-16)28-23(26)18-5-3-6-20(24)14-18/h2-14H,1H3/b19-12-. The summed E-state index contributed by atoms with van der Waals surface area (Å²) < 4.78 is 23.7. The van der Waals surface area contributed by atoms with Crippen molar-refractivity contribution in [1.29, 1.82) is 5.26 Å². The fourth-order valence-electron chi connectivity index (χ4n) is 2.57. The number of hydrogen-bond acceptors (Lipinski definition) is 4. The van der Waals surface area contributed by atoms with Crippen molar-refractivity contribution in [1.82, 2.24) is 0 Å². The Kier molecular flexibility index (Phi) is 5.83. The smallest absolute Gasteiger partial charge is 0.343 e. The van der Waals surface area contributed by atoms with E-state index in [1.165, 1.54) is 18.2 Å². The van der Waals surface area contributed by atoms with Gasteiger partial charge in [-0.15, -0.1) is 0 Å². The van der Waals surface area contributed by atoms with Crippen LogP contribution in [0.5, 0.6) is 11.5 Å². The summed E-state index contributed by atoms with van der Waals surface area (Å²) in [5.41, 5.74) is 2.01. The highest BCUT2D eigenvalue weighted by atomic mass is 19.1. The van der Waals surface area contributed by atoms with E-state index < -0.39 is 11.8 Å². The average Bonchev–Trinajstić information content (AvgIpc) is 2.72. The lowest BCUT2D eigenvalue weighted by Crippen LogP contribution is -2.08. The number of rotatable bonds is 5. The first-order chi connectivity index (χ1) is 13.6. The number of ether oxygens (including phenoxy) is 2. The monoisotopic (exact) mass is 373 g/mol. The first-order valence-corrected chi connectivity index (χ1v) is 8.43. The number of esters is 1. The molecule has 0 unspecified atom stereocenters. The number of carbonyl (C=O) groups is 1. The van der Waals surface area contributed by atoms with Gasteiger partial charge in [-0.05, 0) is 71.8 Å². The fraction of sp³-hybridized carbons (Fsp3) is 0.0435. The third-order valence-electron chi connectivity index (χ3n) is 3.96. The Labute approximate surface area is 162 Å². The molecule has 0 amide bonds. The molecular weight excluding hydrogens is 357 g/mol.